The number of nitrogens with two attached hydrogens (primary N) is 1. The Morgan fingerprint density at radius 3 is 2.50 bits per heavy atom. The summed E-state index contributed by atoms with van der Waals surface area (Å²) in [4.78, 5) is 10.3. The first kappa shape index (κ1) is 17.6. The summed E-state index contributed by atoms with van der Waals surface area (Å²) in [5.41, 5.74) is 8.74. The Labute approximate surface area is 143 Å². The van der Waals surface area contributed by atoms with Gasteiger partial charge in [-0.15, -0.1) is 6.58 Å². The highest BCUT2D eigenvalue weighted by Crippen LogP contribution is 2.39. The minimum atomic E-state index is 0.0766. The fraction of sp³-hybridized carbons (Fsp3) is 0.222. The van der Waals surface area contributed by atoms with Crippen molar-refractivity contribution < 1.29 is 4.79 Å². The average Bonchev–Trinajstić information content (AvgIpc) is 3.36. The summed E-state index contributed by atoms with van der Waals surface area (Å²) in [6, 6.07) is 9.79. The minimum absolute atomic E-state index is 0.0766. The molecule has 1 heterocycles. The van der Waals surface area contributed by atoms with Gasteiger partial charge in [0.05, 0.1) is 0 Å². The van der Waals surface area contributed by atoms with Gasteiger partial charge in [-0.3, -0.25) is 5.10 Å². The van der Waals surface area contributed by atoms with Gasteiger partial charge in [0.15, 0.2) is 0 Å². The van der Waals surface area contributed by atoms with Crippen LogP contribution in [0.5, 0.6) is 0 Å². The number of carbonyl (C=O) groups is 1. The van der Waals surface area contributed by atoms with E-state index in [2.05, 4.69) is 28.6 Å². The summed E-state index contributed by atoms with van der Waals surface area (Å²) >= 11 is 0. The van der Waals surface area contributed by atoms with Crippen LogP contribution in [0.15, 0.2) is 55.7 Å². The van der Waals surface area contributed by atoms with Crippen molar-refractivity contribution in [2.24, 2.45) is 0 Å². The number of hydrogen-bond donors (Lipinski definition) is 3. The van der Waals surface area contributed by atoms with E-state index in [4.69, 9.17) is 5.73 Å². The van der Waals surface area contributed by atoms with Crippen LogP contribution in [0.4, 0.5) is 5.82 Å². The lowest BCUT2D eigenvalue weighted by Crippen LogP contribution is -2.40. The molecule has 0 amide bonds. The SMILES string of the molecule is C=CNB(C=C)c1ccc(CC=O)cc1.Nc1cc(C2CC2)[nH]n1. The zero-order chi connectivity index (χ0) is 17.4. The third-order valence-corrected chi connectivity index (χ3v) is 3.83. The van der Waals surface area contributed by atoms with Gasteiger partial charge >= 0.3 is 6.85 Å². The molecule has 0 saturated heterocycles. The predicted octanol–water partition coefficient (Wildman–Crippen LogP) is 1.95. The van der Waals surface area contributed by atoms with Crippen molar-refractivity contribution in [1.82, 2.24) is 15.4 Å². The lowest BCUT2D eigenvalue weighted by molar-refractivity contribution is -0.107. The summed E-state index contributed by atoms with van der Waals surface area (Å²) in [6.45, 7) is 7.44. The molecule has 1 saturated carbocycles. The van der Waals surface area contributed by atoms with Crippen molar-refractivity contribution in [3.8, 4) is 0 Å². The standard InChI is InChI=1S/C12H14BNO.C6H9N3/c1-3-13(14-4-2)12-7-5-11(6-8-12)9-10-15;7-6-3-5(8-9-6)4-1-2-4/h3-8,10,14H,1-2,9H2;3-4H,1-2H2,(H3,7,8,9). The lowest BCUT2D eigenvalue weighted by Gasteiger charge is -2.08. The van der Waals surface area contributed by atoms with E-state index in [0.29, 0.717) is 12.2 Å². The quantitative estimate of drug-likeness (QED) is 0.537. The number of rotatable bonds is 7. The van der Waals surface area contributed by atoms with Crippen molar-refractivity contribution in [1.29, 1.82) is 0 Å². The van der Waals surface area contributed by atoms with E-state index in [1.807, 2.05) is 36.3 Å². The second-order valence-corrected chi connectivity index (χ2v) is 5.72. The third kappa shape index (κ3) is 5.16. The molecule has 24 heavy (non-hydrogen) atoms. The van der Waals surface area contributed by atoms with Gasteiger partial charge in [-0.2, -0.15) is 5.10 Å². The van der Waals surface area contributed by atoms with Gasteiger partial charge in [0.1, 0.15) is 12.1 Å². The molecule has 0 aliphatic heterocycles. The number of benzene rings is 1. The van der Waals surface area contributed by atoms with Crippen LogP contribution in [0.1, 0.15) is 30.0 Å². The van der Waals surface area contributed by atoms with Crippen molar-refractivity contribution in [3.63, 3.8) is 0 Å². The number of nitrogen functional groups attached to an aromatic ring is 1. The van der Waals surface area contributed by atoms with E-state index < -0.39 is 0 Å². The summed E-state index contributed by atoms with van der Waals surface area (Å²) < 4.78 is 0. The normalized spacial score (nSPS) is 12.5. The molecule has 124 valence electrons. The van der Waals surface area contributed by atoms with Crippen LogP contribution < -0.4 is 16.4 Å². The number of aromatic amines is 1. The molecule has 3 rings (SSSR count). The first-order valence-corrected chi connectivity index (χ1v) is 8.00. The summed E-state index contributed by atoms with van der Waals surface area (Å²) in [5.74, 6) is 3.16. The number of carbonyl (C=O) groups excluding carboxylic acids is 1. The number of aldehydes is 1. The van der Waals surface area contributed by atoms with E-state index in [0.717, 1.165) is 23.2 Å². The molecule has 1 aromatic heterocycles. The maximum absolute atomic E-state index is 10.3. The number of anilines is 1. The maximum atomic E-state index is 10.3. The molecule has 2 aromatic rings. The van der Waals surface area contributed by atoms with E-state index in [9.17, 15) is 4.79 Å². The number of hydrogen-bond acceptors (Lipinski definition) is 4. The topological polar surface area (TPSA) is 83.8 Å². The molecule has 0 bridgehead atoms. The van der Waals surface area contributed by atoms with Gasteiger partial charge < -0.3 is 15.8 Å². The molecule has 4 N–H and O–H groups in total. The van der Waals surface area contributed by atoms with Crippen LogP contribution in [0, 0.1) is 0 Å². The second kappa shape index (κ2) is 8.77. The number of nitrogens with zero attached hydrogens (tertiary/aromatic N) is 1. The van der Waals surface area contributed by atoms with Crippen LogP contribution in [0.25, 0.3) is 0 Å². The average molecular weight is 322 g/mol. The smallest absolute Gasteiger partial charge is 0.312 e. The Kier molecular flexibility index (Phi) is 6.43. The maximum Gasteiger partial charge on any atom is 0.312 e. The molecule has 1 aromatic carbocycles. The molecular weight excluding hydrogens is 299 g/mol. The number of aromatic nitrogens is 2. The van der Waals surface area contributed by atoms with E-state index >= 15 is 0 Å². The van der Waals surface area contributed by atoms with Gasteiger partial charge in [0.25, 0.3) is 0 Å². The molecule has 5 nitrogen and oxygen atoms in total. The fourth-order valence-electron chi connectivity index (χ4n) is 2.34. The van der Waals surface area contributed by atoms with Crippen LogP contribution in [-0.4, -0.2) is 23.3 Å². The molecular formula is C18H23BN4O. The highest BCUT2D eigenvalue weighted by molar-refractivity contribution is 6.75. The van der Waals surface area contributed by atoms with E-state index in [-0.39, 0.29) is 6.85 Å². The lowest BCUT2D eigenvalue weighted by atomic mass is 9.56. The van der Waals surface area contributed by atoms with Crippen molar-refractivity contribution in [2.45, 2.75) is 25.2 Å². The molecule has 6 heteroatoms. The molecule has 0 unspecified atom stereocenters. The number of nitrogens with one attached hydrogen (secondary N) is 2. The van der Waals surface area contributed by atoms with Crippen LogP contribution >= 0.6 is 0 Å². The minimum Gasteiger partial charge on any atom is -0.427 e. The van der Waals surface area contributed by atoms with Gasteiger partial charge in [-0.1, -0.05) is 42.3 Å². The van der Waals surface area contributed by atoms with Gasteiger partial charge in [-0.05, 0) is 24.6 Å². The van der Waals surface area contributed by atoms with Crippen molar-refractivity contribution in [3.05, 3.63) is 66.9 Å². The molecule has 0 atom stereocenters. The van der Waals surface area contributed by atoms with Crippen LogP contribution in [0.3, 0.4) is 0 Å². The van der Waals surface area contributed by atoms with Crippen LogP contribution in [0.2, 0.25) is 0 Å². The van der Waals surface area contributed by atoms with Crippen molar-refractivity contribution in [2.75, 3.05) is 5.73 Å². The van der Waals surface area contributed by atoms with Crippen LogP contribution in [-0.2, 0) is 11.2 Å². The predicted molar refractivity (Wildman–Crippen MR) is 100 cm³/mol. The zero-order valence-corrected chi connectivity index (χ0v) is 13.7. The largest absolute Gasteiger partial charge is 0.427 e. The van der Waals surface area contributed by atoms with Gasteiger partial charge in [-0.25, -0.2) is 0 Å². The first-order valence-electron chi connectivity index (χ1n) is 8.00. The second-order valence-electron chi connectivity index (χ2n) is 5.72. The molecule has 1 fully saturated rings. The Hall–Kier alpha value is -2.76. The third-order valence-electron chi connectivity index (χ3n) is 3.83. The highest BCUT2D eigenvalue weighted by Gasteiger charge is 2.24. The summed E-state index contributed by atoms with van der Waals surface area (Å²) in [6.07, 6.45) is 5.60. The van der Waals surface area contributed by atoms with E-state index in [1.165, 1.54) is 18.5 Å². The summed E-state index contributed by atoms with van der Waals surface area (Å²) in [5, 5.41) is 9.80. The Morgan fingerprint density at radius 2 is 2.04 bits per heavy atom. The number of H-pyrrole nitrogens is 1. The zero-order valence-electron chi connectivity index (χ0n) is 13.7. The molecule has 1 aliphatic rings. The highest BCUT2D eigenvalue weighted by atomic mass is 16.1. The molecule has 0 spiro atoms. The molecule has 0 radical (unpaired) electrons. The Balaban J connectivity index is 0.000000194. The first-order chi connectivity index (χ1) is 11.7. The van der Waals surface area contributed by atoms with Crippen molar-refractivity contribution >= 4 is 24.4 Å². The Bertz CT molecular complexity index is 677. The monoisotopic (exact) mass is 322 g/mol. The van der Waals surface area contributed by atoms with Gasteiger partial charge in [0, 0.05) is 24.1 Å². The molecule has 1 aliphatic carbocycles. The van der Waals surface area contributed by atoms with Gasteiger partial charge in [0.2, 0.25) is 0 Å². The Morgan fingerprint density at radius 1 is 1.33 bits per heavy atom. The summed E-state index contributed by atoms with van der Waals surface area (Å²) in [7, 11) is 0. The fourth-order valence-corrected chi connectivity index (χ4v) is 2.34. The van der Waals surface area contributed by atoms with E-state index in [1.54, 1.807) is 6.20 Å².